The summed E-state index contributed by atoms with van der Waals surface area (Å²) in [6.07, 6.45) is 8.46. The number of nitrogens with zero attached hydrogens (tertiary/aromatic N) is 5. The number of carbonyl (C=O) groups excluding carboxylic acids is 1. The summed E-state index contributed by atoms with van der Waals surface area (Å²) in [7, 11) is 0. The molecule has 0 bridgehead atoms. The number of aromatic nitrogens is 4. The molecule has 7 nitrogen and oxygen atoms in total. The van der Waals surface area contributed by atoms with Gasteiger partial charge in [0.1, 0.15) is 0 Å². The minimum Gasteiger partial charge on any atom is -0.338 e. The van der Waals surface area contributed by atoms with Gasteiger partial charge in [0.05, 0.1) is 11.9 Å². The molecule has 1 aromatic carbocycles. The Labute approximate surface area is 167 Å². The van der Waals surface area contributed by atoms with E-state index in [4.69, 9.17) is 11.6 Å². The Bertz CT molecular complexity index is 950. The van der Waals surface area contributed by atoms with Crippen molar-refractivity contribution in [2.45, 2.75) is 18.8 Å². The number of likely N-dealkylation sites (tertiary alicyclic amines) is 1. The van der Waals surface area contributed by atoms with Gasteiger partial charge in [-0.05, 0) is 43.2 Å². The van der Waals surface area contributed by atoms with Crippen LogP contribution in [0.2, 0.25) is 5.02 Å². The van der Waals surface area contributed by atoms with E-state index in [1.807, 2.05) is 11.0 Å². The minimum atomic E-state index is 0.0216. The maximum atomic E-state index is 12.8. The third kappa shape index (κ3) is 4.26. The molecule has 1 fully saturated rings. The molecule has 8 heteroatoms. The van der Waals surface area contributed by atoms with Crippen LogP contribution in [0.15, 0.2) is 55.1 Å². The molecule has 4 rings (SSSR count). The van der Waals surface area contributed by atoms with Crippen molar-refractivity contribution in [2.75, 3.05) is 18.4 Å². The fourth-order valence-corrected chi connectivity index (χ4v) is 3.44. The first-order chi connectivity index (χ1) is 13.7. The highest BCUT2D eigenvalue weighted by molar-refractivity contribution is 6.30. The van der Waals surface area contributed by atoms with Crippen LogP contribution in [-0.2, 0) is 0 Å². The summed E-state index contributed by atoms with van der Waals surface area (Å²) in [5.41, 5.74) is 1.56. The van der Waals surface area contributed by atoms with Gasteiger partial charge in [0.15, 0.2) is 5.82 Å². The normalized spacial score (nSPS) is 16.6. The van der Waals surface area contributed by atoms with Crippen molar-refractivity contribution >= 4 is 29.3 Å². The van der Waals surface area contributed by atoms with Crippen molar-refractivity contribution in [1.82, 2.24) is 24.8 Å². The smallest absolute Gasteiger partial charge is 0.253 e. The molecule has 1 amide bonds. The van der Waals surface area contributed by atoms with Gasteiger partial charge >= 0.3 is 0 Å². The van der Waals surface area contributed by atoms with Crippen LogP contribution in [0.4, 0.5) is 11.8 Å². The van der Waals surface area contributed by atoms with Crippen molar-refractivity contribution in [3.8, 4) is 0 Å². The number of carbonyl (C=O) groups is 1. The number of hydrogen-bond acceptors (Lipinski definition) is 6. The SMILES string of the molecule is O=C(c1ccc(Cl)cc1)N1CCC[C@@H](c2ccnc(Nc3cnccn3)n2)C1. The largest absolute Gasteiger partial charge is 0.338 e. The van der Waals surface area contributed by atoms with E-state index in [-0.39, 0.29) is 11.8 Å². The lowest BCUT2D eigenvalue weighted by molar-refractivity contribution is 0.0706. The molecular weight excluding hydrogens is 376 g/mol. The highest BCUT2D eigenvalue weighted by Gasteiger charge is 2.26. The predicted octanol–water partition coefficient (Wildman–Crippen LogP) is 3.68. The first kappa shape index (κ1) is 18.3. The summed E-state index contributed by atoms with van der Waals surface area (Å²) in [4.78, 5) is 31.8. The molecular formula is C20H19ClN6O. The third-order valence-electron chi connectivity index (χ3n) is 4.70. The van der Waals surface area contributed by atoms with Gasteiger partial charge in [0.2, 0.25) is 5.95 Å². The minimum absolute atomic E-state index is 0.0216. The van der Waals surface area contributed by atoms with Gasteiger partial charge < -0.3 is 10.2 Å². The second-order valence-electron chi connectivity index (χ2n) is 6.62. The van der Waals surface area contributed by atoms with Crippen molar-refractivity contribution < 1.29 is 4.79 Å². The van der Waals surface area contributed by atoms with Crippen LogP contribution < -0.4 is 5.32 Å². The van der Waals surface area contributed by atoms with Crippen molar-refractivity contribution in [1.29, 1.82) is 0 Å². The number of benzene rings is 1. The average Bonchev–Trinajstić information content (AvgIpc) is 2.75. The molecule has 0 spiro atoms. The molecule has 1 aliphatic rings. The Morgan fingerprint density at radius 1 is 1.11 bits per heavy atom. The molecule has 1 atom stereocenters. The Hall–Kier alpha value is -3.06. The van der Waals surface area contributed by atoms with Crippen LogP contribution in [0.5, 0.6) is 0 Å². The number of halogens is 1. The number of anilines is 2. The fraction of sp³-hybridized carbons (Fsp3) is 0.250. The van der Waals surface area contributed by atoms with E-state index in [0.717, 1.165) is 25.1 Å². The number of hydrogen-bond donors (Lipinski definition) is 1. The lowest BCUT2D eigenvalue weighted by Gasteiger charge is -2.32. The van der Waals surface area contributed by atoms with E-state index >= 15 is 0 Å². The van der Waals surface area contributed by atoms with E-state index in [9.17, 15) is 4.79 Å². The molecule has 0 saturated carbocycles. The predicted molar refractivity (Wildman–Crippen MR) is 107 cm³/mol. The van der Waals surface area contributed by atoms with Crippen molar-refractivity contribution in [3.63, 3.8) is 0 Å². The van der Waals surface area contributed by atoms with Crippen LogP contribution in [0.25, 0.3) is 0 Å². The van der Waals surface area contributed by atoms with E-state index < -0.39 is 0 Å². The molecule has 3 heterocycles. The molecule has 1 saturated heterocycles. The molecule has 1 N–H and O–H groups in total. The Balaban J connectivity index is 1.48. The summed E-state index contributed by atoms with van der Waals surface area (Å²) in [6, 6.07) is 8.92. The summed E-state index contributed by atoms with van der Waals surface area (Å²) in [6.45, 7) is 1.37. The van der Waals surface area contributed by atoms with E-state index in [0.29, 0.717) is 28.9 Å². The fourth-order valence-electron chi connectivity index (χ4n) is 3.32. The molecule has 1 aliphatic heterocycles. The van der Waals surface area contributed by atoms with Gasteiger partial charge in [-0.25, -0.2) is 15.0 Å². The molecule has 28 heavy (non-hydrogen) atoms. The first-order valence-electron chi connectivity index (χ1n) is 9.10. The maximum Gasteiger partial charge on any atom is 0.253 e. The molecule has 3 aromatic rings. The lowest BCUT2D eigenvalue weighted by Crippen LogP contribution is -2.39. The monoisotopic (exact) mass is 394 g/mol. The zero-order valence-electron chi connectivity index (χ0n) is 15.1. The third-order valence-corrected chi connectivity index (χ3v) is 4.95. The van der Waals surface area contributed by atoms with Crippen LogP contribution >= 0.6 is 11.6 Å². The lowest BCUT2D eigenvalue weighted by atomic mass is 9.94. The Kier molecular flexibility index (Phi) is 5.43. The van der Waals surface area contributed by atoms with Crippen LogP contribution in [0, 0.1) is 0 Å². The van der Waals surface area contributed by atoms with E-state index in [1.165, 1.54) is 0 Å². The molecule has 0 unspecified atom stereocenters. The van der Waals surface area contributed by atoms with Crippen molar-refractivity contribution in [2.24, 2.45) is 0 Å². The van der Waals surface area contributed by atoms with Crippen LogP contribution in [0.1, 0.15) is 34.8 Å². The van der Waals surface area contributed by atoms with Crippen molar-refractivity contribution in [3.05, 3.63) is 71.4 Å². The summed E-state index contributed by atoms with van der Waals surface area (Å²) < 4.78 is 0. The number of rotatable bonds is 4. The summed E-state index contributed by atoms with van der Waals surface area (Å²) in [5, 5.41) is 3.68. The molecule has 0 aliphatic carbocycles. The number of nitrogens with one attached hydrogen (secondary N) is 1. The van der Waals surface area contributed by atoms with Gasteiger partial charge in [-0.2, -0.15) is 0 Å². The second kappa shape index (κ2) is 8.31. The highest BCUT2D eigenvalue weighted by Crippen LogP contribution is 2.27. The van der Waals surface area contributed by atoms with E-state index in [1.54, 1.807) is 49.1 Å². The maximum absolute atomic E-state index is 12.8. The van der Waals surface area contributed by atoms with Gasteiger partial charge in [-0.3, -0.25) is 9.78 Å². The molecule has 0 radical (unpaired) electrons. The van der Waals surface area contributed by atoms with Gasteiger partial charge in [-0.1, -0.05) is 11.6 Å². The van der Waals surface area contributed by atoms with E-state index in [2.05, 4.69) is 25.3 Å². The van der Waals surface area contributed by atoms with Gasteiger partial charge in [0, 0.05) is 48.2 Å². The quantitative estimate of drug-likeness (QED) is 0.726. The zero-order chi connectivity index (χ0) is 19.3. The topological polar surface area (TPSA) is 83.9 Å². The zero-order valence-corrected chi connectivity index (χ0v) is 15.9. The van der Waals surface area contributed by atoms with Gasteiger partial charge in [0.25, 0.3) is 5.91 Å². The summed E-state index contributed by atoms with van der Waals surface area (Å²) >= 11 is 5.92. The average molecular weight is 395 g/mol. The Morgan fingerprint density at radius 3 is 2.75 bits per heavy atom. The standard InChI is InChI=1S/C20H19ClN6O/c21-16-5-3-14(4-6-16)19(28)27-11-1-2-15(13-27)17-7-8-24-20(25-17)26-18-12-22-9-10-23-18/h3-10,12,15H,1-2,11,13H2,(H,23,24,25,26)/t15-/m1/s1. The van der Waals surface area contributed by atoms with Gasteiger partial charge in [-0.15, -0.1) is 0 Å². The van der Waals surface area contributed by atoms with Crippen LogP contribution in [-0.4, -0.2) is 43.8 Å². The molecule has 2 aromatic heterocycles. The highest BCUT2D eigenvalue weighted by atomic mass is 35.5. The van der Waals surface area contributed by atoms with Crippen LogP contribution in [0.3, 0.4) is 0 Å². The summed E-state index contributed by atoms with van der Waals surface area (Å²) in [5.74, 6) is 1.24. The number of amides is 1. The number of piperidine rings is 1. The second-order valence-corrected chi connectivity index (χ2v) is 7.05. The molecule has 142 valence electrons. The Morgan fingerprint density at radius 2 is 1.96 bits per heavy atom. The first-order valence-corrected chi connectivity index (χ1v) is 9.47.